The van der Waals surface area contributed by atoms with Crippen LogP contribution in [0.5, 0.6) is 5.75 Å². The molecule has 25 heavy (non-hydrogen) atoms. The lowest BCUT2D eigenvalue weighted by atomic mass is 10.1. The van der Waals surface area contributed by atoms with Gasteiger partial charge >= 0.3 is 0 Å². The van der Waals surface area contributed by atoms with Gasteiger partial charge < -0.3 is 10.1 Å². The fourth-order valence-electron chi connectivity index (χ4n) is 2.53. The first-order chi connectivity index (χ1) is 11.9. The van der Waals surface area contributed by atoms with Crippen LogP contribution in [0.3, 0.4) is 0 Å². The van der Waals surface area contributed by atoms with E-state index in [0.29, 0.717) is 17.1 Å². The van der Waals surface area contributed by atoms with Crippen molar-refractivity contribution in [2.75, 3.05) is 23.4 Å². The summed E-state index contributed by atoms with van der Waals surface area (Å²) in [6.45, 7) is 1.53. The number of aryl methyl sites for hydroxylation is 1. The zero-order valence-corrected chi connectivity index (χ0v) is 13.4. The number of fused-ring (bicyclic) bond motifs is 1. The number of hydrogen-bond acceptors (Lipinski definition) is 5. The van der Waals surface area contributed by atoms with Gasteiger partial charge in [-0.2, -0.15) is 0 Å². The molecule has 1 aliphatic rings. The smallest absolute Gasteiger partial charge is 0.271 e. The number of amides is 2. The molecule has 2 amide bonds. The highest BCUT2D eigenvalue weighted by Crippen LogP contribution is 2.32. The lowest BCUT2D eigenvalue weighted by Gasteiger charge is -2.29. The van der Waals surface area contributed by atoms with Crippen molar-refractivity contribution in [3.8, 4) is 5.75 Å². The van der Waals surface area contributed by atoms with Crippen molar-refractivity contribution in [3.05, 3.63) is 58.1 Å². The third-order valence-corrected chi connectivity index (χ3v) is 3.70. The minimum Gasteiger partial charge on any atom is -0.482 e. The molecule has 0 spiro atoms. The third-order valence-electron chi connectivity index (χ3n) is 3.70. The highest BCUT2D eigenvalue weighted by atomic mass is 16.6. The van der Waals surface area contributed by atoms with Gasteiger partial charge in [-0.1, -0.05) is 12.1 Å². The Balaban J connectivity index is 1.77. The highest BCUT2D eigenvalue weighted by molar-refractivity contribution is 6.05. The number of ether oxygens (including phenoxy) is 1. The summed E-state index contributed by atoms with van der Waals surface area (Å²) in [5, 5.41) is 13.4. The summed E-state index contributed by atoms with van der Waals surface area (Å²) in [5.74, 6) is -0.246. The van der Waals surface area contributed by atoms with E-state index in [1.54, 1.807) is 18.2 Å². The quantitative estimate of drug-likeness (QED) is 0.679. The van der Waals surface area contributed by atoms with E-state index in [0.717, 1.165) is 5.56 Å². The van der Waals surface area contributed by atoms with Crippen LogP contribution in [0.4, 0.5) is 17.1 Å². The van der Waals surface area contributed by atoms with Crippen LogP contribution in [0, 0.1) is 17.0 Å². The molecule has 0 radical (unpaired) electrons. The van der Waals surface area contributed by atoms with E-state index in [2.05, 4.69) is 5.32 Å². The molecule has 0 atom stereocenters. The number of carbonyl (C=O) groups is 2. The molecule has 2 aromatic carbocycles. The summed E-state index contributed by atoms with van der Waals surface area (Å²) in [5.41, 5.74) is 1.64. The van der Waals surface area contributed by atoms with Crippen LogP contribution in [-0.2, 0) is 9.59 Å². The molecule has 2 aromatic rings. The number of nitro groups is 1. The van der Waals surface area contributed by atoms with Gasteiger partial charge in [0, 0.05) is 17.8 Å². The maximum atomic E-state index is 12.3. The van der Waals surface area contributed by atoms with Gasteiger partial charge in [-0.25, -0.2) is 0 Å². The molecule has 0 saturated heterocycles. The van der Waals surface area contributed by atoms with Gasteiger partial charge in [0.15, 0.2) is 6.61 Å². The number of carbonyl (C=O) groups excluding carboxylic acids is 2. The monoisotopic (exact) mass is 341 g/mol. The van der Waals surface area contributed by atoms with Crippen molar-refractivity contribution in [2.24, 2.45) is 0 Å². The van der Waals surface area contributed by atoms with E-state index >= 15 is 0 Å². The first-order valence-corrected chi connectivity index (χ1v) is 7.52. The summed E-state index contributed by atoms with van der Waals surface area (Å²) < 4.78 is 5.37. The Morgan fingerprint density at radius 3 is 2.88 bits per heavy atom. The fraction of sp³-hybridized carbons (Fsp3) is 0.176. The molecule has 0 unspecified atom stereocenters. The van der Waals surface area contributed by atoms with Crippen LogP contribution in [0.15, 0.2) is 42.5 Å². The Morgan fingerprint density at radius 2 is 2.12 bits per heavy atom. The van der Waals surface area contributed by atoms with Gasteiger partial charge in [0.25, 0.3) is 11.6 Å². The van der Waals surface area contributed by atoms with Crippen LogP contribution in [-0.4, -0.2) is 29.9 Å². The Morgan fingerprint density at radius 1 is 1.32 bits per heavy atom. The molecule has 0 bridgehead atoms. The first kappa shape index (κ1) is 16.4. The molecule has 0 aromatic heterocycles. The average Bonchev–Trinajstić information content (AvgIpc) is 2.58. The number of nitro benzene ring substituents is 1. The minimum atomic E-state index is -0.541. The van der Waals surface area contributed by atoms with Crippen LogP contribution in [0.1, 0.15) is 5.56 Å². The number of anilines is 2. The highest BCUT2D eigenvalue weighted by Gasteiger charge is 2.27. The Hall–Kier alpha value is -3.42. The second-order valence-corrected chi connectivity index (χ2v) is 5.60. The van der Waals surface area contributed by atoms with Crippen molar-refractivity contribution in [1.82, 2.24) is 0 Å². The van der Waals surface area contributed by atoms with Gasteiger partial charge in [-0.05, 0) is 30.7 Å². The number of non-ortho nitro benzene ring substituents is 1. The molecule has 0 saturated carbocycles. The van der Waals surface area contributed by atoms with E-state index in [1.165, 1.54) is 23.1 Å². The summed E-state index contributed by atoms with van der Waals surface area (Å²) in [7, 11) is 0. The molecule has 0 aliphatic carbocycles. The molecule has 1 heterocycles. The average molecular weight is 341 g/mol. The van der Waals surface area contributed by atoms with E-state index in [-0.39, 0.29) is 24.7 Å². The predicted octanol–water partition coefficient (Wildman–Crippen LogP) is 2.27. The second kappa shape index (κ2) is 6.60. The Bertz CT molecular complexity index is 865. The normalized spacial score (nSPS) is 13.0. The van der Waals surface area contributed by atoms with E-state index in [1.807, 2.05) is 13.0 Å². The molecular weight excluding hydrogens is 326 g/mol. The van der Waals surface area contributed by atoms with E-state index in [9.17, 15) is 19.7 Å². The maximum Gasteiger partial charge on any atom is 0.271 e. The van der Waals surface area contributed by atoms with Crippen molar-refractivity contribution in [1.29, 1.82) is 0 Å². The second-order valence-electron chi connectivity index (χ2n) is 5.60. The Kier molecular flexibility index (Phi) is 4.34. The van der Waals surface area contributed by atoms with Crippen molar-refractivity contribution in [3.63, 3.8) is 0 Å². The summed E-state index contributed by atoms with van der Waals surface area (Å²) in [6.07, 6.45) is 0. The zero-order valence-electron chi connectivity index (χ0n) is 13.4. The van der Waals surface area contributed by atoms with Crippen LogP contribution < -0.4 is 15.0 Å². The molecule has 128 valence electrons. The van der Waals surface area contributed by atoms with E-state index < -0.39 is 10.8 Å². The molecule has 1 aliphatic heterocycles. The topological polar surface area (TPSA) is 102 Å². The van der Waals surface area contributed by atoms with Crippen molar-refractivity contribution >= 4 is 28.9 Å². The molecule has 1 N–H and O–H groups in total. The predicted molar refractivity (Wildman–Crippen MR) is 90.8 cm³/mol. The van der Waals surface area contributed by atoms with Crippen LogP contribution >= 0.6 is 0 Å². The van der Waals surface area contributed by atoms with Crippen molar-refractivity contribution < 1.29 is 19.2 Å². The molecule has 8 nitrogen and oxygen atoms in total. The number of nitrogens with zero attached hydrogens (tertiary/aromatic N) is 2. The lowest BCUT2D eigenvalue weighted by Crippen LogP contribution is -2.43. The largest absolute Gasteiger partial charge is 0.482 e. The Labute approximate surface area is 143 Å². The lowest BCUT2D eigenvalue weighted by molar-refractivity contribution is -0.384. The molecule has 3 rings (SSSR count). The SMILES string of the molecule is Cc1ccc2c(c1)N(CC(=O)Nc1cccc([N+](=O)[O-])c1)C(=O)CO2. The van der Waals surface area contributed by atoms with Gasteiger partial charge in [0.05, 0.1) is 10.6 Å². The van der Waals surface area contributed by atoms with Crippen LogP contribution in [0.2, 0.25) is 0 Å². The fourth-order valence-corrected chi connectivity index (χ4v) is 2.53. The summed E-state index contributed by atoms with van der Waals surface area (Å²) in [4.78, 5) is 36.0. The third kappa shape index (κ3) is 3.57. The van der Waals surface area contributed by atoms with E-state index in [4.69, 9.17) is 4.74 Å². The number of hydrogen-bond donors (Lipinski definition) is 1. The summed E-state index contributed by atoms with van der Waals surface area (Å²) in [6, 6.07) is 11.0. The standard InChI is InChI=1S/C17H15N3O5/c1-11-5-6-15-14(7-11)19(17(22)10-25-15)9-16(21)18-12-3-2-4-13(8-12)20(23)24/h2-8H,9-10H2,1H3,(H,18,21). The van der Waals surface area contributed by atoms with Gasteiger partial charge in [-0.3, -0.25) is 24.6 Å². The number of rotatable bonds is 4. The summed E-state index contributed by atoms with van der Waals surface area (Å²) >= 11 is 0. The number of nitrogens with one attached hydrogen (secondary N) is 1. The minimum absolute atomic E-state index is 0.124. The maximum absolute atomic E-state index is 12.3. The molecule has 8 heteroatoms. The number of benzene rings is 2. The van der Waals surface area contributed by atoms with Crippen molar-refractivity contribution in [2.45, 2.75) is 6.92 Å². The zero-order chi connectivity index (χ0) is 18.0. The van der Waals surface area contributed by atoms with Crippen LogP contribution in [0.25, 0.3) is 0 Å². The molecule has 0 fully saturated rings. The van der Waals surface area contributed by atoms with Gasteiger partial charge in [-0.15, -0.1) is 0 Å². The van der Waals surface area contributed by atoms with Gasteiger partial charge in [0.2, 0.25) is 5.91 Å². The first-order valence-electron chi connectivity index (χ1n) is 7.52. The molecular formula is C17H15N3O5. The van der Waals surface area contributed by atoms with Gasteiger partial charge in [0.1, 0.15) is 12.3 Å².